The van der Waals surface area contributed by atoms with Crippen molar-refractivity contribution < 1.29 is 9.53 Å². The minimum Gasteiger partial charge on any atom is -0.497 e. The molecule has 9 heteroatoms. The molecule has 0 radical (unpaired) electrons. The van der Waals surface area contributed by atoms with Gasteiger partial charge in [-0.15, -0.1) is 0 Å². The standard InChI is InChI=1S/C18H19Cl2N5O2/c1-11-16(19)17(20)25(24-11)8-4-7-21-18(26)15-10-14(22-23-15)12-5-3-6-13(9-12)27-2/h3,5-6,9-10H,4,7-8H2,1-2H3,(H,21,26)(H,22,23). The van der Waals surface area contributed by atoms with Crippen LogP contribution < -0.4 is 10.1 Å². The number of rotatable bonds is 7. The first-order chi connectivity index (χ1) is 13.0. The van der Waals surface area contributed by atoms with E-state index in [4.69, 9.17) is 27.9 Å². The Bertz CT molecular complexity index is 951. The van der Waals surface area contributed by atoms with Crippen molar-refractivity contribution in [2.24, 2.45) is 0 Å². The molecule has 0 saturated carbocycles. The molecule has 2 N–H and O–H groups in total. The van der Waals surface area contributed by atoms with Gasteiger partial charge in [0.2, 0.25) is 0 Å². The van der Waals surface area contributed by atoms with Crippen molar-refractivity contribution in [2.45, 2.75) is 19.9 Å². The number of amides is 1. The molecule has 1 aromatic carbocycles. The van der Waals surface area contributed by atoms with Crippen molar-refractivity contribution >= 4 is 29.1 Å². The van der Waals surface area contributed by atoms with Crippen LogP contribution in [0.4, 0.5) is 0 Å². The number of nitrogens with zero attached hydrogens (tertiary/aromatic N) is 3. The number of halogens is 2. The summed E-state index contributed by atoms with van der Waals surface area (Å²) in [5.41, 5.74) is 2.62. The molecule has 0 aliphatic heterocycles. The van der Waals surface area contributed by atoms with Crippen molar-refractivity contribution in [2.75, 3.05) is 13.7 Å². The van der Waals surface area contributed by atoms with Gasteiger partial charge in [0, 0.05) is 18.7 Å². The summed E-state index contributed by atoms with van der Waals surface area (Å²) in [6.07, 6.45) is 0.666. The third-order valence-electron chi connectivity index (χ3n) is 4.02. The van der Waals surface area contributed by atoms with Gasteiger partial charge in [-0.3, -0.25) is 14.6 Å². The van der Waals surface area contributed by atoms with Gasteiger partial charge in [-0.2, -0.15) is 10.2 Å². The second kappa shape index (κ2) is 8.45. The lowest BCUT2D eigenvalue weighted by Crippen LogP contribution is -2.25. The molecule has 0 aliphatic rings. The molecular formula is C18H19Cl2N5O2. The number of ether oxygens (including phenoxy) is 1. The van der Waals surface area contributed by atoms with Crippen LogP contribution in [0.25, 0.3) is 11.3 Å². The molecule has 27 heavy (non-hydrogen) atoms. The van der Waals surface area contributed by atoms with Gasteiger partial charge >= 0.3 is 0 Å². The minimum atomic E-state index is -0.225. The van der Waals surface area contributed by atoms with E-state index in [0.717, 1.165) is 11.3 Å². The number of hydrogen-bond acceptors (Lipinski definition) is 4. The Labute approximate surface area is 166 Å². The van der Waals surface area contributed by atoms with E-state index in [-0.39, 0.29) is 5.91 Å². The number of H-pyrrole nitrogens is 1. The molecule has 0 saturated heterocycles. The molecule has 7 nitrogen and oxygen atoms in total. The molecule has 0 unspecified atom stereocenters. The summed E-state index contributed by atoms with van der Waals surface area (Å²) in [5.74, 6) is 0.506. The van der Waals surface area contributed by atoms with Crippen LogP contribution >= 0.6 is 23.2 Å². The van der Waals surface area contributed by atoms with Gasteiger partial charge in [0.15, 0.2) is 0 Å². The molecule has 3 rings (SSSR count). The zero-order valence-corrected chi connectivity index (χ0v) is 16.4. The van der Waals surface area contributed by atoms with Crippen LogP contribution in [0.1, 0.15) is 22.6 Å². The third-order valence-corrected chi connectivity index (χ3v) is 4.95. The van der Waals surface area contributed by atoms with Crippen LogP contribution in [-0.2, 0) is 6.54 Å². The van der Waals surface area contributed by atoms with Gasteiger partial charge in [-0.05, 0) is 31.5 Å². The molecule has 142 valence electrons. The average Bonchev–Trinajstić information content (AvgIpc) is 3.27. The number of carbonyl (C=O) groups is 1. The molecule has 2 heterocycles. The fourth-order valence-electron chi connectivity index (χ4n) is 2.57. The zero-order chi connectivity index (χ0) is 19.4. The molecule has 1 amide bonds. The van der Waals surface area contributed by atoms with Crippen LogP contribution in [0.2, 0.25) is 10.2 Å². The monoisotopic (exact) mass is 407 g/mol. The first-order valence-corrected chi connectivity index (χ1v) is 9.11. The van der Waals surface area contributed by atoms with Gasteiger partial charge in [0.25, 0.3) is 5.91 Å². The Morgan fingerprint density at radius 3 is 2.85 bits per heavy atom. The Balaban J connectivity index is 1.54. The van der Waals surface area contributed by atoms with Crippen LogP contribution in [0.5, 0.6) is 5.75 Å². The second-order valence-electron chi connectivity index (χ2n) is 5.92. The van der Waals surface area contributed by atoms with Gasteiger partial charge in [-0.1, -0.05) is 35.3 Å². The minimum absolute atomic E-state index is 0.225. The van der Waals surface area contributed by atoms with E-state index in [2.05, 4.69) is 20.6 Å². The number of aromatic amines is 1. The van der Waals surface area contributed by atoms with Gasteiger partial charge in [0.05, 0.1) is 18.5 Å². The highest BCUT2D eigenvalue weighted by Gasteiger charge is 2.13. The fraction of sp³-hybridized carbons (Fsp3) is 0.278. The fourth-order valence-corrected chi connectivity index (χ4v) is 2.97. The number of methoxy groups -OCH3 is 1. The lowest BCUT2D eigenvalue weighted by molar-refractivity contribution is 0.0947. The van der Waals surface area contributed by atoms with E-state index in [1.54, 1.807) is 24.8 Å². The number of aromatic nitrogens is 4. The van der Waals surface area contributed by atoms with E-state index in [9.17, 15) is 4.79 Å². The smallest absolute Gasteiger partial charge is 0.269 e. The third kappa shape index (κ3) is 4.43. The Hall–Kier alpha value is -2.51. The molecule has 0 fully saturated rings. The summed E-state index contributed by atoms with van der Waals surface area (Å²) in [4.78, 5) is 12.3. The largest absolute Gasteiger partial charge is 0.497 e. The highest BCUT2D eigenvalue weighted by Crippen LogP contribution is 2.25. The van der Waals surface area contributed by atoms with E-state index >= 15 is 0 Å². The van der Waals surface area contributed by atoms with Crippen molar-refractivity contribution in [3.8, 4) is 17.0 Å². The van der Waals surface area contributed by atoms with E-state index < -0.39 is 0 Å². The van der Waals surface area contributed by atoms with Gasteiger partial charge in [0.1, 0.15) is 21.6 Å². The Kier molecular flexibility index (Phi) is 6.03. The predicted octanol–water partition coefficient (Wildman–Crippen LogP) is 3.72. The highest BCUT2D eigenvalue weighted by molar-refractivity contribution is 6.41. The Morgan fingerprint density at radius 1 is 1.33 bits per heavy atom. The van der Waals surface area contributed by atoms with Crippen molar-refractivity contribution in [3.63, 3.8) is 0 Å². The highest BCUT2D eigenvalue weighted by atomic mass is 35.5. The Morgan fingerprint density at radius 2 is 2.15 bits per heavy atom. The summed E-state index contributed by atoms with van der Waals surface area (Å²) in [6, 6.07) is 9.19. The summed E-state index contributed by atoms with van der Waals surface area (Å²) >= 11 is 12.1. The van der Waals surface area contributed by atoms with Crippen molar-refractivity contribution in [1.82, 2.24) is 25.3 Å². The SMILES string of the molecule is COc1cccc(-c2cc(C(=O)NCCCn3nc(C)c(Cl)c3Cl)[nH]n2)c1. The molecule has 0 aliphatic carbocycles. The van der Waals surface area contributed by atoms with Crippen molar-refractivity contribution in [3.05, 3.63) is 51.9 Å². The van der Waals surface area contributed by atoms with E-state index in [1.165, 1.54) is 0 Å². The summed E-state index contributed by atoms with van der Waals surface area (Å²) in [6.45, 7) is 2.83. The van der Waals surface area contributed by atoms with Gasteiger partial charge < -0.3 is 10.1 Å². The first kappa shape index (κ1) is 19.3. The normalized spacial score (nSPS) is 10.8. The molecule has 0 bridgehead atoms. The number of benzene rings is 1. The van der Waals surface area contributed by atoms with Crippen LogP contribution in [-0.4, -0.2) is 39.5 Å². The van der Waals surface area contributed by atoms with Gasteiger partial charge in [-0.25, -0.2) is 0 Å². The second-order valence-corrected chi connectivity index (χ2v) is 6.66. The molecule has 0 spiro atoms. The maximum Gasteiger partial charge on any atom is 0.269 e. The molecule has 0 atom stereocenters. The number of carbonyl (C=O) groups excluding carboxylic acids is 1. The predicted molar refractivity (Wildman–Crippen MR) is 105 cm³/mol. The first-order valence-electron chi connectivity index (χ1n) is 8.36. The lowest BCUT2D eigenvalue weighted by atomic mass is 10.1. The summed E-state index contributed by atoms with van der Waals surface area (Å²) in [7, 11) is 1.61. The number of nitrogens with one attached hydrogen (secondary N) is 2. The molecule has 3 aromatic rings. The van der Waals surface area contributed by atoms with E-state index in [0.29, 0.717) is 46.8 Å². The maximum atomic E-state index is 12.3. The number of aryl methyl sites for hydroxylation is 2. The quantitative estimate of drug-likeness (QED) is 0.584. The van der Waals surface area contributed by atoms with Crippen molar-refractivity contribution in [1.29, 1.82) is 0 Å². The number of hydrogen-bond donors (Lipinski definition) is 2. The van der Waals surface area contributed by atoms with Crippen LogP contribution in [0, 0.1) is 6.92 Å². The summed E-state index contributed by atoms with van der Waals surface area (Å²) in [5, 5.41) is 14.9. The zero-order valence-electron chi connectivity index (χ0n) is 14.9. The van der Waals surface area contributed by atoms with Crippen LogP contribution in [0.3, 0.4) is 0 Å². The van der Waals surface area contributed by atoms with Crippen LogP contribution in [0.15, 0.2) is 30.3 Å². The average molecular weight is 408 g/mol. The van der Waals surface area contributed by atoms with E-state index in [1.807, 2.05) is 24.3 Å². The maximum absolute atomic E-state index is 12.3. The topological polar surface area (TPSA) is 84.8 Å². The lowest BCUT2D eigenvalue weighted by Gasteiger charge is -2.05. The molecular weight excluding hydrogens is 389 g/mol. The molecule has 2 aromatic heterocycles. The summed E-state index contributed by atoms with van der Waals surface area (Å²) < 4.78 is 6.84.